The van der Waals surface area contributed by atoms with Crippen molar-refractivity contribution in [3.8, 4) is 0 Å². The molecular formula is C10H13ClF2N2O2S. The lowest BCUT2D eigenvalue weighted by Gasteiger charge is -2.34. The van der Waals surface area contributed by atoms with Crippen LogP contribution < -0.4 is 5.32 Å². The van der Waals surface area contributed by atoms with Crippen LogP contribution in [0.2, 0.25) is 0 Å². The van der Waals surface area contributed by atoms with E-state index in [0.29, 0.717) is 19.2 Å². The molecule has 1 aromatic rings. The van der Waals surface area contributed by atoms with Gasteiger partial charge in [0.25, 0.3) is 0 Å². The van der Waals surface area contributed by atoms with Crippen LogP contribution in [0.1, 0.15) is 0 Å². The third kappa shape index (κ3) is 2.80. The van der Waals surface area contributed by atoms with Gasteiger partial charge in [0.15, 0.2) is 0 Å². The molecule has 18 heavy (non-hydrogen) atoms. The van der Waals surface area contributed by atoms with Crippen LogP contribution in [0.5, 0.6) is 0 Å². The van der Waals surface area contributed by atoms with Crippen molar-refractivity contribution in [2.75, 3.05) is 20.1 Å². The summed E-state index contributed by atoms with van der Waals surface area (Å²) in [5.74, 6) is -1.80. The first kappa shape index (κ1) is 15.3. The lowest BCUT2D eigenvalue weighted by atomic mass is 10.2. The second-order valence-electron chi connectivity index (χ2n) is 3.94. The maximum Gasteiger partial charge on any atom is 0.243 e. The molecule has 102 valence electrons. The van der Waals surface area contributed by atoms with Gasteiger partial charge in [-0.25, -0.2) is 17.2 Å². The van der Waals surface area contributed by atoms with Gasteiger partial charge in [0.1, 0.15) is 11.6 Å². The highest BCUT2D eigenvalue weighted by Crippen LogP contribution is 2.20. The number of sulfonamides is 1. The number of nitrogens with zero attached hydrogens (tertiary/aromatic N) is 1. The first-order valence-electron chi connectivity index (χ1n) is 5.06. The van der Waals surface area contributed by atoms with Crippen LogP contribution in [0.15, 0.2) is 23.1 Å². The summed E-state index contributed by atoms with van der Waals surface area (Å²) in [5.41, 5.74) is 0. The van der Waals surface area contributed by atoms with E-state index < -0.39 is 21.7 Å². The SMILES string of the molecule is CN(C1CNC1)S(=O)(=O)c1cc(F)cc(F)c1.Cl. The Morgan fingerprint density at radius 3 is 2.11 bits per heavy atom. The minimum atomic E-state index is -3.83. The van der Waals surface area contributed by atoms with Gasteiger partial charge in [-0.3, -0.25) is 0 Å². The first-order valence-corrected chi connectivity index (χ1v) is 6.50. The minimum Gasteiger partial charge on any atom is -0.313 e. The van der Waals surface area contributed by atoms with Gasteiger partial charge in [-0.05, 0) is 12.1 Å². The van der Waals surface area contributed by atoms with E-state index >= 15 is 0 Å². The first-order chi connectivity index (χ1) is 7.91. The summed E-state index contributed by atoms with van der Waals surface area (Å²) >= 11 is 0. The molecule has 1 saturated heterocycles. The molecule has 0 saturated carbocycles. The van der Waals surface area contributed by atoms with Gasteiger partial charge in [-0.15, -0.1) is 12.4 Å². The molecule has 4 nitrogen and oxygen atoms in total. The van der Waals surface area contributed by atoms with E-state index in [9.17, 15) is 17.2 Å². The van der Waals surface area contributed by atoms with E-state index in [-0.39, 0.29) is 23.3 Å². The highest BCUT2D eigenvalue weighted by molar-refractivity contribution is 7.89. The third-order valence-electron chi connectivity index (χ3n) is 2.79. The predicted octanol–water partition coefficient (Wildman–Crippen LogP) is 0.979. The second-order valence-corrected chi connectivity index (χ2v) is 5.94. The van der Waals surface area contributed by atoms with Crippen molar-refractivity contribution in [2.45, 2.75) is 10.9 Å². The molecule has 0 bridgehead atoms. The summed E-state index contributed by atoms with van der Waals surface area (Å²) in [6.45, 7) is 1.10. The van der Waals surface area contributed by atoms with Crippen molar-refractivity contribution in [1.82, 2.24) is 9.62 Å². The maximum absolute atomic E-state index is 13.0. The van der Waals surface area contributed by atoms with Crippen molar-refractivity contribution >= 4 is 22.4 Å². The van der Waals surface area contributed by atoms with Crippen molar-refractivity contribution in [3.63, 3.8) is 0 Å². The van der Waals surface area contributed by atoms with Gasteiger partial charge in [0.2, 0.25) is 10.0 Å². The van der Waals surface area contributed by atoms with Crippen molar-refractivity contribution < 1.29 is 17.2 Å². The standard InChI is InChI=1S/C10H12F2N2O2S.ClH/c1-14(9-5-13-6-9)17(15,16)10-3-7(11)2-8(12)4-10;/h2-4,9,13H,5-6H2,1H3;1H. The molecule has 1 fully saturated rings. The zero-order chi connectivity index (χ0) is 12.6. The largest absolute Gasteiger partial charge is 0.313 e. The van der Waals surface area contributed by atoms with E-state index in [1.54, 1.807) is 0 Å². The zero-order valence-electron chi connectivity index (χ0n) is 9.56. The average Bonchev–Trinajstić information content (AvgIpc) is 2.13. The number of benzene rings is 1. The molecule has 0 aromatic heterocycles. The molecule has 0 spiro atoms. The summed E-state index contributed by atoms with van der Waals surface area (Å²) in [6, 6.07) is 2.12. The maximum atomic E-state index is 13.0. The molecule has 0 aliphatic carbocycles. The fourth-order valence-corrected chi connectivity index (χ4v) is 2.97. The van der Waals surface area contributed by atoms with Gasteiger partial charge >= 0.3 is 0 Å². The molecule has 1 heterocycles. The number of halogens is 3. The van der Waals surface area contributed by atoms with Crippen LogP contribution in [0, 0.1) is 11.6 Å². The highest BCUT2D eigenvalue weighted by atomic mass is 35.5. The van der Waals surface area contributed by atoms with Crippen LogP contribution in [0.3, 0.4) is 0 Å². The zero-order valence-corrected chi connectivity index (χ0v) is 11.2. The Bertz CT molecular complexity index is 514. The van der Waals surface area contributed by atoms with Gasteiger partial charge in [0.05, 0.1) is 4.90 Å². The Hall–Kier alpha value is -0.760. The Labute approximate surface area is 110 Å². The van der Waals surface area contributed by atoms with E-state index in [1.807, 2.05) is 0 Å². The van der Waals surface area contributed by atoms with E-state index in [1.165, 1.54) is 7.05 Å². The van der Waals surface area contributed by atoms with E-state index in [2.05, 4.69) is 5.32 Å². The van der Waals surface area contributed by atoms with Gasteiger partial charge in [-0.2, -0.15) is 4.31 Å². The monoisotopic (exact) mass is 298 g/mol. The Morgan fingerprint density at radius 1 is 1.22 bits per heavy atom. The number of likely N-dealkylation sites (N-methyl/N-ethyl adjacent to an activating group) is 1. The molecule has 0 amide bonds. The van der Waals surface area contributed by atoms with E-state index in [0.717, 1.165) is 16.4 Å². The van der Waals surface area contributed by atoms with Crippen LogP contribution in [0.25, 0.3) is 0 Å². The summed E-state index contributed by atoms with van der Waals surface area (Å²) in [4.78, 5) is -0.357. The molecule has 8 heteroatoms. The smallest absolute Gasteiger partial charge is 0.243 e. The molecule has 2 rings (SSSR count). The summed E-state index contributed by atoms with van der Waals surface area (Å²) < 4.78 is 51.2. The Kier molecular flexibility index (Phi) is 4.66. The Morgan fingerprint density at radius 2 is 1.72 bits per heavy atom. The average molecular weight is 299 g/mol. The quantitative estimate of drug-likeness (QED) is 0.905. The minimum absolute atomic E-state index is 0. The lowest BCUT2D eigenvalue weighted by Crippen LogP contribution is -2.57. The molecule has 1 aliphatic rings. The van der Waals surface area contributed by atoms with E-state index in [4.69, 9.17) is 0 Å². The lowest BCUT2D eigenvalue weighted by molar-refractivity contribution is 0.274. The molecule has 0 atom stereocenters. The normalized spacial score (nSPS) is 16.2. The Balaban J connectivity index is 0.00000162. The van der Waals surface area contributed by atoms with Crippen molar-refractivity contribution in [1.29, 1.82) is 0 Å². The van der Waals surface area contributed by atoms with Crippen LogP contribution in [-0.2, 0) is 10.0 Å². The summed E-state index contributed by atoms with van der Waals surface area (Å²) in [5, 5.41) is 2.93. The summed E-state index contributed by atoms with van der Waals surface area (Å²) in [7, 11) is -2.42. The van der Waals surface area contributed by atoms with Crippen LogP contribution >= 0.6 is 12.4 Å². The van der Waals surface area contributed by atoms with Crippen molar-refractivity contribution in [3.05, 3.63) is 29.8 Å². The molecule has 1 aromatic carbocycles. The fourth-order valence-electron chi connectivity index (χ4n) is 1.57. The summed E-state index contributed by atoms with van der Waals surface area (Å²) in [6.07, 6.45) is 0. The van der Waals surface area contributed by atoms with Crippen LogP contribution in [0.4, 0.5) is 8.78 Å². The highest BCUT2D eigenvalue weighted by Gasteiger charge is 2.32. The predicted molar refractivity (Wildman–Crippen MR) is 65.2 cm³/mol. The fraction of sp³-hybridized carbons (Fsp3) is 0.400. The topological polar surface area (TPSA) is 49.4 Å². The number of hydrogen-bond donors (Lipinski definition) is 1. The number of rotatable bonds is 3. The van der Waals surface area contributed by atoms with Gasteiger partial charge < -0.3 is 5.32 Å². The third-order valence-corrected chi connectivity index (χ3v) is 4.68. The van der Waals surface area contributed by atoms with Crippen LogP contribution in [-0.4, -0.2) is 38.9 Å². The molecular weight excluding hydrogens is 286 g/mol. The number of hydrogen-bond acceptors (Lipinski definition) is 3. The van der Waals surface area contributed by atoms with Crippen molar-refractivity contribution in [2.24, 2.45) is 0 Å². The molecule has 1 N–H and O–H groups in total. The molecule has 0 radical (unpaired) electrons. The number of nitrogens with one attached hydrogen (secondary N) is 1. The second kappa shape index (κ2) is 5.48. The molecule has 0 unspecified atom stereocenters. The van der Waals surface area contributed by atoms with Gasteiger partial charge in [-0.1, -0.05) is 0 Å². The molecule has 1 aliphatic heterocycles. The van der Waals surface area contributed by atoms with Gasteiger partial charge in [0, 0.05) is 32.2 Å².